The molecule has 0 aliphatic carbocycles. The lowest BCUT2D eigenvalue weighted by Crippen LogP contribution is -2.29. The molecule has 1 heterocycles. The highest BCUT2D eigenvalue weighted by Gasteiger charge is 2.01. The summed E-state index contributed by atoms with van der Waals surface area (Å²) in [5.74, 6) is 5.70. The average Bonchev–Trinajstić information content (AvgIpc) is 2.58. The molecule has 1 aromatic heterocycles. The van der Waals surface area contributed by atoms with Gasteiger partial charge in [-0.25, -0.2) is 10.8 Å². The van der Waals surface area contributed by atoms with E-state index in [1.807, 2.05) is 17.8 Å². The molecule has 0 unspecified atom stereocenters. The van der Waals surface area contributed by atoms with Crippen molar-refractivity contribution in [2.75, 3.05) is 5.75 Å². The van der Waals surface area contributed by atoms with Gasteiger partial charge in [0.25, 0.3) is 0 Å². The van der Waals surface area contributed by atoms with Gasteiger partial charge in [0.1, 0.15) is 0 Å². The second-order valence-electron chi connectivity index (χ2n) is 2.84. The first-order valence-corrected chi connectivity index (χ1v) is 5.32. The number of hydrazine groups is 1. The molecular weight excluding hydrogens is 200 g/mol. The number of nitrogens with one attached hydrogen (secondary N) is 1. The van der Waals surface area contributed by atoms with Gasteiger partial charge in [0.15, 0.2) is 5.16 Å². The van der Waals surface area contributed by atoms with Gasteiger partial charge in [0.2, 0.25) is 5.91 Å². The smallest absolute Gasteiger partial charge is 0.233 e. The molecule has 14 heavy (non-hydrogen) atoms. The van der Waals surface area contributed by atoms with Crippen molar-refractivity contribution >= 4 is 17.7 Å². The topological polar surface area (TPSA) is 72.9 Å². The lowest BCUT2D eigenvalue weighted by atomic mass is 10.3. The van der Waals surface area contributed by atoms with Gasteiger partial charge in [-0.2, -0.15) is 0 Å². The van der Waals surface area contributed by atoms with E-state index in [-0.39, 0.29) is 5.91 Å². The number of hydrogen-bond acceptors (Lipinski definition) is 4. The number of aromatic nitrogens is 2. The third kappa shape index (κ3) is 3.39. The number of nitrogens with two attached hydrogens (primary N) is 1. The summed E-state index contributed by atoms with van der Waals surface area (Å²) in [6.45, 7) is 0. The van der Waals surface area contributed by atoms with Crippen LogP contribution in [0, 0.1) is 0 Å². The maximum Gasteiger partial charge on any atom is 0.233 e. The fourth-order valence-electron chi connectivity index (χ4n) is 0.959. The molecule has 78 valence electrons. The minimum absolute atomic E-state index is 0.120. The predicted molar refractivity (Wildman–Crippen MR) is 55.5 cm³/mol. The number of carbonyl (C=O) groups is 1. The lowest BCUT2D eigenvalue weighted by Gasteiger charge is -2.01. The first-order chi connectivity index (χ1) is 6.74. The zero-order valence-corrected chi connectivity index (χ0v) is 8.88. The van der Waals surface area contributed by atoms with Crippen LogP contribution in [0.4, 0.5) is 0 Å². The lowest BCUT2D eigenvalue weighted by molar-refractivity contribution is -0.121. The molecule has 1 aromatic rings. The number of imidazole rings is 1. The summed E-state index contributed by atoms with van der Waals surface area (Å²) in [5, 5.41) is 0.971. The third-order valence-electron chi connectivity index (χ3n) is 1.72. The Morgan fingerprint density at radius 1 is 1.79 bits per heavy atom. The van der Waals surface area contributed by atoms with Crippen molar-refractivity contribution in [3.05, 3.63) is 12.4 Å². The fourth-order valence-corrected chi connectivity index (χ4v) is 1.83. The number of nitrogens with zero attached hydrogens (tertiary/aromatic N) is 2. The molecule has 0 fully saturated rings. The van der Waals surface area contributed by atoms with Crippen LogP contribution in [0.15, 0.2) is 17.6 Å². The minimum Gasteiger partial charge on any atom is -0.329 e. The highest BCUT2D eigenvalue weighted by molar-refractivity contribution is 7.99. The van der Waals surface area contributed by atoms with Gasteiger partial charge < -0.3 is 4.57 Å². The van der Waals surface area contributed by atoms with Gasteiger partial charge in [-0.3, -0.25) is 10.2 Å². The van der Waals surface area contributed by atoms with Crippen LogP contribution >= 0.6 is 11.8 Å². The van der Waals surface area contributed by atoms with Crippen LogP contribution in [-0.2, 0) is 11.8 Å². The Balaban J connectivity index is 2.16. The molecule has 0 radical (unpaired) electrons. The van der Waals surface area contributed by atoms with E-state index in [1.165, 1.54) is 0 Å². The van der Waals surface area contributed by atoms with Gasteiger partial charge in [-0.15, -0.1) is 0 Å². The Kier molecular flexibility index (Phi) is 4.48. The van der Waals surface area contributed by atoms with Crippen molar-refractivity contribution in [2.45, 2.75) is 18.0 Å². The van der Waals surface area contributed by atoms with E-state index in [9.17, 15) is 4.79 Å². The Bertz CT molecular complexity index is 299. The Morgan fingerprint density at radius 2 is 2.57 bits per heavy atom. The summed E-state index contributed by atoms with van der Waals surface area (Å²) >= 11 is 1.64. The first-order valence-electron chi connectivity index (χ1n) is 4.33. The monoisotopic (exact) mass is 214 g/mol. The van der Waals surface area contributed by atoms with Gasteiger partial charge in [0.05, 0.1) is 0 Å². The van der Waals surface area contributed by atoms with Crippen LogP contribution in [-0.4, -0.2) is 21.2 Å². The van der Waals surface area contributed by atoms with E-state index in [4.69, 9.17) is 5.84 Å². The van der Waals surface area contributed by atoms with Crippen LogP contribution < -0.4 is 11.3 Å². The zero-order chi connectivity index (χ0) is 10.4. The summed E-state index contributed by atoms with van der Waals surface area (Å²) in [6, 6.07) is 0. The Labute approximate surface area is 87.0 Å². The number of rotatable bonds is 5. The van der Waals surface area contributed by atoms with Crippen molar-refractivity contribution in [1.29, 1.82) is 0 Å². The number of carbonyl (C=O) groups excluding carboxylic acids is 1. The number of hydrogen-bond donors (Lipinski definition) is 2. The van der Waals surface area contributed by atoms with Crippen molar-refractivity contribution in [2.24, 2.45) is 12.9 Å². The van der Waals surface area contributed by atoms with Gasteiger partial charge in [-0.1, -0.05) is 11.8 Å². The summed E-state index contributed by atoms with van der Waals surface area (Å²) < 4.78 is 1.95. The van der Waals surface area contributed by atoms with Crippen molar-refractivity contribution in [3.63, 3.8) is 0 Å². The van der Waals surface area contributed by atoms with E-state index in [0.29, 0.717) is 6.42 Å². The van der Waals surface area contributed by atoms with E-state index >= 15 is 0 Å². The second kappa shape index (κ2) is 5.66. The molecule has 0 saturated carbocycles. The molecule has 1 amide bonds. The summed E-state index contributed by atoms with van der Waals surface area (Å²) in [7, 11) is 1.95. The normalized spacial score (nSPS) is 10.1. The maximum absolute atomic E-state index is 10.8. The molecule has 5 nitrogen and oxygen atoms in total. The minimum atomic E-state index is -0.120. The fraction of sp³-hybridized carbons (Fsp3) is 0.500. The third-order valence-corrected chi connectivity index (χ3v) is 2.86. The molecule has 6 heteroatoms. The average molecular weight is 214 g/mol. The van der Waals surface area contributed by atoms with Crippen LogP contribution in [0.3, 0.4) is 0 Å². The van der Waals surface area contributed by atoms with E-state index < -0.39 is 0 Å². The number of aryl methyl sites for hydroxylation is 1. The van der Waals surface area contributed by atoms with E-state index in [1.54, 1.807) is 18.0 Å². The quantitative estimate of drug-likeness (QED) is 0.243. The van der Waals surface area contributed by atoms with E-state index in [2.05, 4.69) is 10.4 Å². The van der Waals surface area contributed by atoms with Crippen molar-refractivity contribution < 1.29 is 4.79 Å². The molecular formula is C8H14N4OS. The summed E-state index contributed by atoms with van der Waals surface area (Å²) in [6.07, 6.45) is 4.93. The Hall–Kier alpha value is -1.01. The summed E-state index contributed by atoms with van der Waals surface area (Å²) in [4.78, 5) is 14.9. The predicted octanol–water partition coefficient (Wildman–Crippen LogP) is 0.282. The molecule has 0 atom stereocenters. The summed E-state index contributed by atoms with van der Waals surface area (Å²) in [5.41, 5.74) is 2.10. The van der Waals surface area contributed by atoms with Crippen LogP contribution in [0.25, 0.3) is 0 Å². The molecule has 0 aliphatic rings. The molecule has 0 spiro atoms. The molecule has 0 aromatic carbocycles. The van der Waals surface area contributed by atoms with Crippen LogP contribution in [0.1, 0.15) is 12.8 Å². The first kappa shape index (κ1) is 11.1. The largest absolute Gasteiger partial charge is 0.329 e. The molecule has 1 rings (SSSR count). The SMILES string of the molecule is Cn1ccnc1SCCCC(=O)NN. The maximum atomic E-state index is 10.8. The number of amides is 1. The van der Waals surface area contributed by atoms with E-state index in [0.717, 1.165) is 17.3 Å². The zero-order valence-electron chi connectivity index (χ0n) is 8.06. The molecule has 3 N–H and O–H groups in total. The molecule has 0 saturated heterocycles. The van der Waals surface area contributed by atoms with Gasteiger partial charge in [-0.05, 0) is 6.42 Å². The Morgan fingerprint density at radius 3 is 3.14 bits per heavy atom. The molecule has 0 aliphatic heterocycles. The molecule has 0 bridgehead atoms. The highest BCUT2D eigenvalue weighted by atomic mass is 32.2. The second-order valence-corrected chi connectivity index (χ2v) is 3.90. The van der Waals surface area contributed by atoms with Gasteiger partial charge in [0, 0.05) is 31.6 Å². The highest BCUT2D eigenvalue weighted by Crippen LogP contribution is 2.15. The van der Waals surface area contributed by atoms with Crippen LogP contribution in [0.2, 0.25) is 0 Å². The van der Waals surface area contributed by atoms with Gasteiger partial charge >= 0.3 is 0 Å². The standard InChI is InChI=1S/C8H14N4OS/c1-12-5-4-10-8(12)14-6-2-3-7(13)11-9/h4-5H,2-3,6,9H2,1H3,(H,11,13). The number of thioether (sulfide) groups is 1. The van der Waals surface area contributed by atoms with Crippen molar-refractivity contribution in [1.82, 2.24) is 15.0 Å². The van der Waals surface area contributed by atoms with Crippen LogP contribution in [0.5, 0.6) is 0 Å². The van der Waals surface area contributed by atoms with Crippen molar-refractivity contribution in [3.8, 4) is 0 Å².